The summed E-state index contributed by atoms with van der Waals surface area (Å²) in [6.45, 7) is 3.37. The molecule has 2 heterocycles. The Morgan fingerprint density at radius 1 is 1.19 bits per heavy atom. The van der Waals surface area contributed by atoms with E-state index in [0.29, 0.717) is 25.3 Å². The van der Waals surface area contributed by atoms with Gasteiger partial charge in [-0.2, -0.15) is 5.10 Å². The summed E-state index contributed by atoms with van der Waals surface area (Å²) in [5, 5.41) is 7.96. The van der Waals surface area contributed by atoms with Crippen LogP contribution in [0.4, 0.5) is 4.39 Å². The maximum absolute atomic E-state index is 13.9. The first-order chi connectivity index (χ1) is 13.2. The molecule has 0 saturated carbocycles. The Hall–Kier alpha value is -2.93. The highest BCUT2D eigenvalue weighted by molar-refractivity contribution is 6.04. The van der Waals surface area contributed by atoms with Crippen molar-refractivity contribution in [1.29, 1.82) is 0 Å². The molecule has 3 aromatic rings. The van der Waals surface area contributed by atoms with Crippen LogP contribution >= 0.6 is 0 Å². The Labute approximate surface area is 156 Å². The average Bonchev–Trinajstić information content (AvgIpc) is 3.12. The number of fused-ring (bicyclic) bond motifs is 1. The number of hydrogen-bond donors (Lipinski definition) is 1. The average molecular weight is 368 g/mol. The molecule has 2 aromatic carbocycles. The summed E-state index contributed by atoms with van der Waals surface area (Å²) in [7, 11) is 1.46. The van der Waals surface area contributed by atoms with Crippen LogP contribution in [0, 0.1) is 5.82 Å². The lowest BCUT2D eigenvalue weighted by molar-refractivity contribution is 0.0624. The van der Waals surface area contributed by atoms with Crippen LogP contribution in [0.5, 0.6) is 5.75 Å². The number of hydrogen-bond acceptors (Lipinski definition) is 4. The zero-order chi connectivity index (χ0) is 18.8. The first kappa shape index (κ1) is 17.5. The number of aromatic nitrogens is 2. The molecule has 1 fully saturated rings. The fraction of sp³-hybridized carbons (Fsp3) is 0.300. The number of rotatable bonds is 4. The van der Waals surface area contributed by atoms with E-state index in [1.807, 2.05) is 35.2 Å². The Bertz CT molecular complexity index is 964. The van der Waals surface area contributed by atoms with Gasteiger partial charge < -0.3 is 9.64 Å². The zero-order valence-electron chi connectivity index (χ0n) is 15.1. The van der Waals surface area contributed by atoms with Gasteiger partial charge in [0, 0.05) is 38.1 Å². The van der Waals surface area contributed by atoms with E-state index in [2.05, 4.69) is 15.1 Å². The predicted molar refractivity (Wildman–Crippen MR) is 100 cm³/mol. The fourth-order valence-electron chi connectivity index (χ4n) is 3.45. The number of amides is 1. The van der Waals surface area contributed by atoms with Crippen LogP contribution in [0.15, 0.2) is 42.5 Å². The van der Waals surface area contributed by atoms with E-state index >= 15 is 0 Å². The number of benzene rings is 2. The van der Waals surface area contributed by atoms with E-state index in [-0.39, 0.29) is 17.5 Å². The van der Waals surface area contributed by atoms with Crippen molar-refractivity contribution in [2.75, 3.05) is 33.3 Å². The van der Waals surface area contributed by atoms with Gasteiger partial charge in [0.05, 0.1) is 12.6 Å². The molecule has 27 heavy (non-hydrogen) atoms. The maximum Gasteiger partial charge on any atom is 0.275 e. The second-order valence-electron chi connectivity index (χ2n) is 6.66. The summed E-state index contributed by atoms with van der Waals surface area (Å²) in [5.74, 6) is -0.155. The second kappa shape index (κ2) is 7.36. The molecule has 0 unspecified atom stereocenters. The molecular weight excluding hydrogens is 347 g/mol. The smallest absolute Gasteiger partial charge is 0.275 e. The fourth-order valence-corrected chi connectivity index (χ4v) is 3.45. The highest BCUT2D eigenvalue weighted by Crippen LogP contribution is 2.20. The van der Waals surface area contributed by atoms with Gasteiger partial charge in [-0.15, -0.1) is 0 Å². The molecule has 1 aliphatic rings. The standard InChI is InChI=1S/C20H21FN4O2/c1-27-18-7-6-14(12-16(18)21)13-24-8-10-25(11-9-24)20(26)19-15-4-2-3-5-17(15)22-23-19/h2-7,12H,8-11,13H2,1H3,(H,22,23). The molecule has 1 aliphatic heterocycles. The molecule has 6 nitrogen and oxygen atoms in total. The van der Waals surface area contributed by atoms with Gasteiger partial charge in [0.1, 0.15) is 0 Å². The first-order valence-electron chi connectivity index (χ1n) is 8.93. The van der Waals surface area contributed by atoms with Crippen molar-refractivity contribution in [2.45, 2.75) is 6.54 Å². The van der Waals surface area contributed by atoms with Gasteiger partial charge >= 0.3 is 0 Å². The molecule has 0 atom stereocenters. The zero-order valence-corrected chi connectivity index (χ0v) is 15.1. The van der Waals surface area contributed by atoms with Crippen molar-refractivity contribution in [3.63, 3.8) is 0 Å². The van der Waals surface area contributed by atoms with Gasteiger partial charge in [0.15, 0.2) is 17.3 Å². The Balaban J connectivity index is 1.38. The van der Waals surface area contributed by atoms with Crippen molar-refractivity contribution in [3.05, 3.63) is 59.5 Å². The second-order valence-corrected chi connectivity index (χ2v) is 6.66. The maximum atomic E-state index is 13.9. The highest BCUT2D eigenvalue weighted by Gasteiger charge is 2.25. The monoisotopic (exact) mass is 368 g/mol. The summed E-state index contributed by atoms with van der Waals surface area (Å²) in [5.41, 5.74) is 2.23. The van der Waals surface area contributed by atoms with Crippen LogP contribution in [0.3, 0.4) is 0 Å². The minimum absolute atomic E-state index is 0.0532. The molecule has 1 saturated heterocycles. The topological polar surface area (TPSA) is 61.5 Å². The number of nitrogens with one attached hydrogen (secondary N) is 1. The minimum Gasteiger partial charge on any atom is -0.494 e. The van der Waals surface area contributed by atoms with E-state index in [9.17, 15) is 9.18 Å². The van der Waals surface area contributed by atoms with E-state index in [4.69, 9.17) is 4.74 Å². The molecule has 0 aliphatic carbocycles. The van der Waals surface area contributed by atoms with Crippen LogP contribution in [0.25, 0.3) is 10.9 Å². The third kappa shape index (κ3) is 3.50. The summed E-state index contributed by atoms with van der Waals surface area (Å²) in [6.07, 6.45) is 0. The van der Waals surface area contributed by atoms with Gasteiger partial charge in [-0.3, -0.25) is 14.8 Å². The summed E-state index contributed by atoms with van der Waals surface area (Å²) in [4.78, 5) is 16.9. The number of methoxy groups -OCH3 is 1. The van der Waals surface area contributed by atoms with Crippen LogP contribution < -0.4 is 4.74 Å². The van der Waals surface area contributed by atoms with Gasteiger partial charge in [-0.1, -0.05) is 24.3 Å². The number of ether oxygens (including phenoxy) is 1. The van der Waals surface area contributed by atoms with Crippen molar-refractivity contribution >= 4 is 16.8 Å². The summed E-state index contributed by atoms with van der Waals surface area (Å²) >= 11 is 0. The first-order valence-corrected chi connectivity index (χ1v) is 8.93. The third-order valence-corrected chi connectivity index (χ3v) is 4.95. The number of nitrogens with zero attached hydrogens (tertiary/aromatic N) is 3. The minimum atomic E-state index is -0.353. The Morgan fingerprint density at radius 2 is 1.96 bits per heavy atom. The quantitative estimate of drug-likeness (QED) is 0.769. The molecule has 1 N–H and O–H groups in total. The van der Waals surface area contributed by atoms with E-state index in [1.165, 1.54) is 13.2 Å². The lowest BCUT2D eigenvalue weighted by Crippen LogP contribution is -2.48. The molecular formula is C20H21FN4O2. The van der Waals surface area contributed by atoms with Crippen LogP contribution in [-0.2, 0) is 6.54 Å². The Kier molecular flexibility index (Phi) is 4.77. The molecule has 1 aromatic heterocycles. The van der Waals surface area contributed by atoms with Crippen molar-refractivity contribution in [2.24, 2.45) is 0 Å². The number of para-hydroxylation sites is 1. The van der Waals surface area contributed by atoms with Crippen molar-refractivity contribution in [3.8, 4) is 5.75 Å². The molecule has 7 heteroatoms. The number of piperazine rings is 1. The SMILES string of the molecule is COc1ccc(CN2CCN(C(=O)c3n[nH]c4ccccc34)CC2)cc1F. The lowest BCUT2D eigenvalue weighted by Gasteiger charge is -2.34. The highest BCUT2D eigenvalue weighted by atomic mass is 19.1. The number of halogens is 1. The van der Waals surface area contributed by atoms with Crippen LogP contribution in [-0.4, -0.2) is 59.2 Å². The van der Waals surface area contributed by atoms with E-state index in [1.54, 1.807) is 6.07 Å². The summed E-state index contributed by atoms with van der Waals surface area (Å²) in [6, 6.07) is 12.6. The molecule has 140 valence electrons. The van der Waals surface area contributed by atoms with Crippen molar-refractivity contribution in [1.82, 2.24) is 20.0 Å². The lowest BCUT2D eigenvalue weighted by atomic mass is 10.1. The molecule has 0 bridgehead atoms. The number of carbonyl (C=O) groups excluding carboxylic acids is 1. The van der Waals surface area contributed by atoms with E-state index in [0.717, 1.165) is 29.6 Å². The van der Waals surface area contributed by atoms with Crippen LogP contribution in [0.1, 0.15) is 16.1 Å². The number of H-pyrrole nitrogens is 1. The van der Waals surface area contributed by atoms with Gasteiger partial charge in [0.25, 0.3) is 5.91 Å². The van der Waals surface area contributed by atoms with E-state index < -0.39 is 0 Å². The predicted octanol–water partition coefficient (Wildman–Crippen LogP) is 2.67. The summed E-state index contributed by atoms with van der Waals surface area (Å²) < 4.78 is 18.8. The van der Waals surface area contributed by atoms with Gasteiger partial charge in [-0.25, -0.2) is 4.39 Å². The normalized spacial score (nSPS) is 15.3. The molecule has 1 amide bonds. The van der Waals surface area contributed by atoms with Crippen LogP contribution in [0.2, 0.25) is 0 Å². The van der Waals surface area contributed by atoms with Crippen molar-refractivity contribution < 1.29 is 13.9 Å². The van der Waals surface area contributed by atoms with Gasteiger partial charge in [0.2, 0.25) is 0 Å². The van der Waals surface area contributed by atoms with Gasteiger partial charge in [-0.05, 0) is 23.8 Å². The largest absolute Gasteiger partial charge is 0.494 e. The molecule has 4 rings (SSSR count). The number of carbonyl (C=O) groups is 1. The Morgan fingerprint density at radius 3 is 2.70 bits per heavy atom. The number of aromatic amines is 1. The third-order valence-electron chi connectivity index (χ3n) is 4.95. The molecule has 0 radical (unpaired) electrons. The molecule has 0 spiro atoms.